The van der Waals surface area contributed by atoms with Crippen molar-refractivity contribution in [2.45, 2.75) is 9.79 Å². The lowest BCUT2D eigenvalue weighted by Gasteiger charge is -2.32. The van der Waals surface area contributed by atoms with Crippen LogP contribution in [0.3, 0.4) is 0 Å². The molecule has 0 bridgehead atoms. The first-order valence-electron chi connectivity index (χ1n) is 10.8. The van der Waals surface area contributed by atoms with Gasteiger partial charge in [0.05, 0.1) is 22.7 Å². The molecule has 0 aromatic heterocycles. The molecule has 1 aliphatic heterocycles. The van der Waals surface area contributed by atoms with Gasteiger partial charge in [-0.3, -0.25) is 4.79 Å². The fraction of sp³-hybridized carbons (Fsp3) is 0.0357. The molecule has 0 atom stereocenters. The lowest BCUT2D eigenvalue weighted by atomic mass is 10.1. The van der Waals surface area contributed by atoms with Crippen LogP contribution < -0.4 is 16.0 Å². The number of nitrogens with one attached hydrogen (secondary N) is 1. The number of nitrogens with two attached hydrogens (primary N) is 1. The maximum atomic E-state index is 12.6. The Morgan fingerprint density at radius 1 is 0.912 bits per heavy atom. The van der Waals surface area contributed by atoms with Gasteiger partial charge < -0.3 is 16.0 Å². The second-order valence-corrected chi connectivity index (χ2v) is 9.38. The summed E-state index contributed by atoms with van der Waals surface area (Å²) in [4.78, 5) is 17.2. The van der Waals surface area contributed by atoms with Gasteiger partial charge in [-0.1, -0.05) is 71.9 Å². The van der Waals surface area contributed by atoms with Crippen molar-refractivity contribution in [1.29, 1.82) is 0 Å². The van der Waals surface area contributed by atoms with E-state index >= 15 is 0 Å². The van der Waals surface area contributed by atoms with Gasteiger partial charge in [-0.15, -0.1) is 0 Å². The zero-order chi connectivity index (χ0) is 23.5. The van der Waals surface area contributed by atoms with E-state index in [-0.39, 0.29) is 5.91 Å². The Balaban J connectivity index is 1.31. The Morgan fingerprint density at radius 2 is 1.65 bits per heavy atom. The number of hydrogen-bond donors (Lipinski definition) is 2. The molecule has 0 radical (unpaired) electrons. The molecular formula is C28H22ClN3OS. The SMILES string of the molecule is Nc1ccccc1NC(=O)c1ccc(C=CCN2c3ccccc3Sc3ccc(Cl)cc32)cc1. The van der Waals surface area contributed by atoms with Gasteiger partial charge in [-0.25, -0.2) is 0 Å². The van der Waals surface area contributed by atoms with E-state index in [0.717, 1.165) is 16.3 Å². The zero-order valence-corrected chi connectivity index (χ0v) is 19.8. The number of nitrogen functional groups attached to an aromatic ring is 1. The number of amides is 1. The summed E-state index contributed by atoms with van der Waals surface area (Å²) in [6.45, 7) is 0.695. The molecule has 3 N–H and O–H groups in total. The number of rotatable bonds is 5. The minimum absolute atomic E-state index is 0.190. The maximum Gasteiger partial charge on any atom is 0.255 e. The fourth-order valence-electron chi connectivity index (χ4n) is 3.84. The number of carbonyl (C=O) groups excluding carboxylic acids is 1. The van der Waals surface area contributed by atoms with Gasteiger partial charge in [0, 0.05) is 26.9 Å². The molecule has 0 fully saturated rings. The molecule has 6 heteroatoms. The minimum atomic E-state index is -0.190. The topological polar surface area (TPSA) is 58.4 Å². The van der Waals surface area contributed by atoms with Crippen LogP contribution in [0.4, 0.5) is 22.7 Å². The third-order valence-corrected chi connectivity index (χ3v) is 6.93. The van der Waals surface area contributed by atoms with Gasteiger partial charge in [0.15, 0.2) is 0 Å². The van der Waals surface area contributed by atoms with Crippen LogP contribution in [-0.4, -0.2) is 12.5 Å². The summed E-state index contributed by atoms with van der Waals surface area (Å²) in [6, 6.07) is 29.1. The average molecular weight is 484 g/mol. The Bertz CT molecular complexity index is 1380. The van der Waals surface area contributed by atoms with Crippen LogP contribution in [0.15, 0.2) is 107 Å². The van der Waals surface area contributed by atoms with Gasteiger partial charge >= 0.3 is 0 Å². The van der Waals surface area contributed by atoms with E-state index in [1.165, 1.54) is 15.5 Å². The fourth-order valence-corrected chi connectivity index (χ4v) is 5.09. The first kappa shape index (κ1) is 22.1. The zero-order valence-electron chi connectivity index (χ0n) is 18.2. The number of para-hydroxylation sites is 3. The molecule has 1 heterocycles. The van der Waals surface area contributed by atoms with Crippen LogP contribution in [0.1, 0.15) is 15.9 Å². The van der Waals surface area contributed by atoms with E-state index < -0.39 is 0 Å². The number of halogens is 1. The largest absolute Gasteiger partial charge is 0.397 e. The van der Waals surface area contributed by atoms with E-state index in [2.05, 4.69) is 52.7 Å². The van der Waals surface area contributed by atoms with Gasteiger partial charge in [0.1, 0.15) is 0 Å². The highest BCUT2D eigenvalue weighted by atomic mass is 35.5. The van der Waals surface area contributed by atoms with E-state index in [1.807, 2.05) is 48.5 Å². The van der Waals surface area contributed by atoms with Gasteiger partial charge in [0.25, 0.3) is 5.91 Å². The van der Waals surface area contributed by atoms with E-state index in [9.17, 15) is 4.79 Å². The third kappa shape index (κ3) is 4.67. The van der Waals surface area contributed by atoms with Crippen molar-refractivity contribution in [1.82, 2.24) is 0 Å². The van der Waals surface area contributed by atoms with Crippen LogP contribution in [0.5, 0.6) is 0 Å². The van der Waals surface area contributed by atoms with E-state index in [4.69, 9.17) is 17.3 Å². The highest BCUT2D eigenvalue weighted by Crippen LogP contribution is 2.48. The summed E-state index contributed by atoms with van der Waals surface area (Å²) in [5.41, 5.74) is 10.9. The number of anilines is 4. The number of nitrogens with zero attached hydrogens (tertiary/aromatic N) is 1. The maximum absolute atomic E-state index is 12.6. The summed E-state index contributed by atoms with van der Waals surface area (Å²) in [6.07, 6.45) is 4.18. The summed E-state index contributed by atoms with van der Waals surface area (Å²) in [7, 11) is 0. The molecule has 0 aliphatic carbocycles. The molecule has 0 unspecified atom stereocenters. The normalized spacial score (nSPS) is 12.3. The lowest BCUT2D eigenvalue weighted by molar-refractivity contribution is 0.102. The summed E-state index contributed by atoms with van der Waals surface area (Å²) < 4.78 is 0. The molecule has 0 saturated heterocycles. The molecule has 34 heavy (non-hydrogen) atoms. The lowest BCUT2D eigenvalue weighted by Crippen LogP contribution is -2.20. The Labute approximate surface area is 208 Å². The standard InChI is InChI=1S/C28H22ClN3OS/c29-21-15-16-27-25(18-21)32(24-9-3-4-10-26(24)34-27)17-5-6-19-11-13-20(14-12-19)28(33)31-23-8-2-1-7-22(23)30/h1-16,18H,17,30H2,(H,31,33). The highest BCUT2D eigenvalue weighted by Gasteiger charge is 2.22. The van der Waals surface area contributed by atoms with Crippen molar-refractivity contribution in [2.75, 3.05) is 22.5 Å². The quantitative estimate of drug-likeness (QED) is 0.289. The van der Waals surface area contributed by atoms with Crippen LogP contribution in [0.25, 0.3) is 6.08 Å². The first-order chi connectivity index (χ1) is 16.6. The van der Waals surface area contributed by atoms with Crippen LogP contribution in [0, 0.1) is 0 Å². The average Bonchev–Trinajstić information content (AvgIpc) is 2.85. The van der Waals surface area contributed by atoms with Crippen molar-refractivity contribution >= 4 is 58.1 Å². The first-order valence-corrected chi connectivity index (χ1v) is 12.0. The Morgan fingerprint density at radius 3 is 2.47 bits per heavy atom. The van der Waals surface area contributed by atoms with Crippen molar-refractivity contribution in [3.63, 3.8) is 0 Å². The van der Waals surface area contributed by atoms with Crippen LogP contribution >= 0.6 is 23.4 Å². The molecule has 1 amide bonds. The van der Waals surface area contributed by atoms with Crippen molar-refractivity contribution < 1.29 is 4.79 Å². The summed E-state index contributed by atoms with van der Waals surface area (Å²) in [5, 5.41) is 3.58. The van der Waals surface area contributed by atoms with Gasteiger partial charge in [-0.05, 0) is 60.2 Å². The molecule has 4 nitrogen and oxygen atoms in total. The van der Waals surface area contributed by atoms with E-state index in [1.54, 1.807) is 23.9 Å². The molecule has 1 aliphatic rings. The predicted molar refractivity (Wildman–Crippen MR) is 143 cm³/mol. The molecule has 168 valence electrons. The third-order valence-electron chi connectivity index (χ3n) is 5.57. The van der Waals surface area contributed by atoms with Crippen molar-refractivity contribution in [3.8, 4) is 0 Å². The minimum Gasteiger partial charge on any atom is -0.397 e. The number of hydrogen-bond acceptors (Lipinski definition) is 4. The molecule has 4 aromatic rings. The predicted octanol–water partition coefficient (Wildman–Crippen LogP) is 7.49. The molecule has 0 saturated carbocycles. The van der Waals surface area contributed by atoms with Gasteiger partial charge in [0.2, 0.25) is 0 Å². The van der Waals surface area contributed by atoms with Gasteiger partial charge in [-0.2, -0.15) is 0 Å². The number of fused-ring (bicyclic) bond motifs is 2. The van der Waals surface area contributed by atoms with E-state index in [0.29, 0.717) is 23.5 Å². The highest BCUT2D eigenvalue weighted by molar-refractivity contribution is 7.99. The second kappa shape index (κ2) is 9.67. The number of carbonyl (C=O) groups is 1. The molecule has 5 rings (SSSR count). The van der Waals surface area contributed by atoms with Crippen molar-refractivity contribution in [2.24, 2.45) is 0 Å². The number of benzene rings is 4. The monoisotopic (exact) mass is 483 g/mol. The smallest absolute Gasteiger partial charge is 0.255 e. The second-order valence-electron chi connectivity index (χ2n) is 7.86. The Hall–Kier alpha value is -3.67. The summed E-state index contributed by atoms with van der Waals surface area (Å²) in [5.74, 6) is -0.190. The molecular weight excluding hydrogens is 462 g/mol. The van der Waals surface area contributed by atoms with Crippen LogP contribution in [-0.2, 0) is 0 Å². The molecule has 0 spiro atoms. The van der Waals surface area contributed by atoms with Crippen LogP contribution in [0.2, 0.25) is 5.02 Å². The van der Waals surface area contributed by atoms with Crippen molar-refractivity contribution in [3.05, 3.63) is 113 Å². The summed E-state index contributed by atoms with van der Waals surface area (Å²) >= 11 is 8.07. The molecule has 4 aromatic carbocycles. The Kier molecular flexibility index (Phi) is 6.30.